The molecule has 2 fully saturated rings. The zero-order valence-electron chi connectivity index (χ0n) is 18.9. The van der Waals surface area contributed by atoms with Crippen LogP contribution in [0.3, 0.4) is 0 Å². The Bertz CT molecular complexity index is 1230. The highest BCUT2D eigenvalue weighted by atomic mass is 16.6. The fourth-order valence-corrected chi connectivity index (χ4v) is 4.74. The predicted molar refractivity (Wildman–Crippen MR) is 130 cm³/mol. The summed E-state index contributed by atoms with van der Waals surface area (Å²) in [5, 5.41) is 12.5. The number of fused-ring (bicyclic) bond motifs is 1. The second-order valence-corrected chi connectivity index (χ2v) is 8.77. The molecule has 0 radical (unpaired) electrons. The normalized spacial score (nSPS) is 16.8. The van der Waals surface area contributed by atoms with Crippen LogP contribution in [0.5, 0.6) is 0 Å². The Hall–Kier alpha value is -3.79. The van der Waals surface area contributed by atoms with Gasteiger partial charge >= 0.3 is 0 Å². The van der Waals surface area contributed by atoms with Crippen LogP contribution < -0.4 is 10.6 Å². The van der Waals surface area contributed by atoms with Gasteiger partial charge in [0.1, 0.15) is 17.3 Å². The van der Waals surface area contributed by atoms with E-state index in [1.165, 1.54) is 6.07 Å². The molecule has 2 N–H and O–H groups in total. The second kappa shape index (κ2) is 9.22. The number of anilines is 2. The molecule has 1 amide bonds. The molecule has 0 aliphatic carbocycles. The van der Waals surface area contributed by atoms with Crippen molar-refractivity contribution in [3.05, 3.63) is 64.0 Å². The van der Waals surface area contributed by atoms with Crippen molar-refractivity contribution in [1.29, 1.82) is 0 Å². The largest absolute Gasteiger partial charge is 0.383 e. The number of nitrogens with two attached hydrogens (primary N) is 1. The van der Waals surface area contributed by atoms with Crippen LogP contribution in [0.2, 0.25) is 0 Å². The van der Waals surface area contributed by atoms with E-state index in [0.717, 1.165) is 36.8 Å². The average Bonchev–Trinajstić information content (AvgIpc) is 3.39. The number of carbonyl (C=O) groups excluding carboxylic acids is 1. The Labute approximate surface area is 197 Å². The lowest BCUT2D eigenvalue weighted by atomic mass is 10.1. The van der Waals surface area contributed by atoms with Gasteiger partial charge in [0.25, 0.3) is 11.6 Å². The van der Waals surface area contributed by atoms with Gasteiger partial charge in [0.05, 0.1) is 17.0 Å². The number of nitro benzene ring substituents is 1. The van der Waals surface area contributed by atoms with Gasteiger partial charge in [0, 0.05) is 56.3 Å². The number of rotatable bonds is 5. The molecular weight excluding hydrogens is 434 g/mol. The molecule has 0 unspecified atom stereocenters. The first-order valence-electron chi connectivity index (χ1n) is 11.6. The quantitative estimate of drug-likeness (QED) is 0.455. The average molecular weight is 462 g/mol. The predicted octanol–water partition coefficient (Wildman–Crippen LogP) is 2.68. The summed E-state index contributed by atoms with van der Waals surface area (Å²) in [7, 11) is 0. The van der Waals surface area contributed by atoms with Crippen LogP contribution in [0.4, 0.5) is 17.2 Å². The minimum atomic E-state index is -0.391. The maximum Gasteiger partial charge on any atom is 0.293 e. The van der Waals surface area contributed by atoms with Gasteiger partial charge in [-0.1, -0.05) is 12.1 Å². The maximum absolute atomic E-state index is 13.1. The number of amides is 1. The zero-order valence-corrected chi connectivity index (χ0v) is 18.9. The molecule has 0 saturated carbocycles. The standard InChI is InChI=1S/C24H27N7O3/c25-23-18-5-1-2-6-19(18)26-22(27-23)16-28-11-13-30(14-12-28)24(32)17-7-8-20(21(15-17)31(33)34)29-9-3-4-10-29/h1-2,5-8,15H,3-4,9-14,16H2,(H2,25,26,27). The molecule has 2 saturated heterocycles. The van der Waals surface area contributed by atoms with E-state index >= 15 is 0 Å². The van der Waals surface area contributed by atoms with E-state index in [1.54, 1.807) is 17.0 Å². The molecule has 0 atom stereocenters. The Morgan fingerprint density at radius 1 is 1.00 bits per heavy atom. The smallest absolute Gasteiger partial charge is 0.293 e. The van der Waals surface area contributed by atoms with E-state index in [9.17, 15) is 14.9 Å². The molecule has 5 rings (SSSR count). The summed E-state index contributed by atoms with van der Waals surface area (Å²) in [5.41, 5.74) is 7.86. The number of aromatic nitrogens is 2. The Balaban J connectivity index is 1.24. The first-order chi connectivity index (χ1) is 16.5. The van der Waals surface area contributed by atoms with Crippen molar-refractivity contribution >= 4 is 34.0 Å². The molecule has 10 heteroatoms. The van der Waals surface area contributed by atoms with Crippen molar-refractivity contribution in [3.63, 3.8) is 0 Å². The van der Waals surface area contributed by atoms with E-state index in [4.69, 9.17) is 5.73 Å². The van der Waals surface area contributed by atoms with Crippen LogP contribution in [0, 0.1) is 10.1 Å². The van der Waals surface area contributed by atoms with Crippen molar-refractivity contribution in [2.75, 3.05) is 49.9 Å². The highest BCUT2D eigenvalue weighted by Crippen LogP contribution is 2.32. The minimum Gasteiger partial charge on any atom is -0.383 e. The third-order valence-electron chi connectivity index (χ3n) is 6.57. The number of carbonyl (C=O) groups is 1. The summed E-state index contributed by atoms with van der Waals surface area (Å²) < 4.78 is 0. The third-order valence-corrected chi connectivity index (χ3v) is 6.57. The zero-order chi connectivity index (χ0) is 23.7. The number of hydrogen-bond donors (Lipinski definition) is 1. The number of benzene rings is 2. The first-order valence-corrected chi connectivity index (χ1v) is 11.6. The molecule has 10 nitrogen and oxygen atoms in total. The van der Waals surface area contributed by atoms with Gasteiger partial charge in [-0.3, -0.25) is 19.8 Å². The number of nitrogens with zero attached hydrogens (tertiary/aromatic N) is 6. The number of piperazine rings is 1. The lowest BCUT2D eigenvalue weighted by molar-refractivity contribution is -0.384. The van der Waals surface area contributed by atoms with E-state index in [2.05, 4.69) is 14.9 Å². The Kier molecular flexibility index (Phi) is 5.97. The summed E-state index contributed by atoms with van der Waals surface area (Å²) in [6.45, 7) is 4.55. The molecular formula is C24H27N7O3. The summed E-state index contributed by atoms with van der Waals surface area (Å²) in [6.07, 6.45) is 2.05. The molecule has 0 bridgehead atoms. The molecule has 2 aliphatic rings. The van der Waals surface area contributed by atoms with Crippen molar-refractivity contribution in [2.24, 2.45) is 0 Å². The van der Waals surface area contributed by atoms with E-state index < -0.39 is 4.92 Å². The SMILES string of the molecule is Nc1nc(CN2CCN(C(=O)c3ccc(N4CCCC4)c([N+](=O)[O-])c3)CC2)nc2ccccc12. The highest BCUT2D eigenvalue weighted by Gasteiger charge is 2.27. The van der Waals surface area contributed by atoms with Gasteiger partial charge in [-0.2, -0.15) is 0 Å². The first kappa shape index (κ1) is 22.0. The molecule has 3 aromatic rings. The molecule has 1 aromatic heterocycles. The van der Waals surface area contributed by atoms with Crippen LogP contribution in [0.1, 0.15) is 29.0 Å². The molecule has 2 aromatic carbocycles. The topological polar surface area (TPSA) is 122 Å². The van der Waals surface area contributed by atoms with Gasteiger partial charge in [0.15, 0.2) is 0 Å². The molecule has 0 spiro atoms. The van der Waals surface area contributed by atoms with Gasteiger partial charge in [-0.05, 0) is 37.1 Å². The lowest BCUT2D eigenvalue weighted by Crippen LogP contribution is -2.48. The van der Waals surface area contributed by atoms with Crippen LogP contribution in [-0.4, -0.2) is 69.9 Å². The van der Waals surface area contributed by atoms with Gasteiger partial charge < -0.3 is 15.5 Å². The van der Waals surface area contributed by atoms with Crippen LogP contribution in [0.25, 0.3) is 10.9 Å². The van der Waals surface area contributed by atoms with Crippen molar-refractivity contribution in [2.45, 2.75) is 19.4 Å². The molecule has 3 heterocycles. The Morgan fingerprint density at radius 3 is 2.47 bits per heavy atom. The minimum absolute atomic E-state index is 0.00238. The summed E-state index contributed by atoms with van der Waals surface area (Å²) >= 11 is 0. The fourth-order valence-electron chi connectivity index (χ4n) is 4.74. The monoisotopic (exact) mass is 461 g/mol. The fraction of sp³-hybridized carbons (Fsp3) is 0.375. The van der Waals surface area contributed by atoms with Crippen molar-refractivity contribution < 1.29 is 9.72 Å². The number of nitro groups is 1. The van der Waals surface area contributed by atoms with Crippen LogP contribution in [0.15, 0.2) is 42.5 Å². The highest BCUT2D eigenvalue weighted by molar-refractivity contribution is 5.96. The summed E-state index contributed by atoms with van der Waals surface area (Å²) in [6, 6.07) is 12.5. The summed E-state index contributed by atoms with van der Waals surface area (Å²) in [4.78, 5) is 39.4. The number of para-hydroxylation sites is 1. The van der Waals surface area contributed by atoms with Gasteiger partial charge in [0.2, 0.25) is 0 Å². The molecule has 34 heavy (non-hydrogen) atoms. The molecule has 176 valence electrons. The van der Waals surface area contributed by atoms with Gasteiger partial charge in [-0.25, -0.2) is 9.97 Å². The van der Waals surface area contributed by atoms with Crippen molar-refractivity contribution in [1.82, 2.24) is 19.8 Å². The van der Waals surface area contributed by atoms with E-state index in [-0.39, 0.29) is 11.6 Å². The third kappa shape index (κ3) is 4.36. The van der Waals surface area contributed by atoms with E-state index in [1.807, 2.05) is 29.2 Å². The maximum atomic E-state index is 13.1. The number of nitrogen functional groups attached to an aromatic ring is 1. The Morgan fingerprint density at radius 2 is 1.74 bits per heavy atom. The lowest BCUT2D eigenvalue weighted by Gasteiger charge is -2.34. The van der Waals surface area contributed by atoms with Crippen LogP contribution >= 0.6 is 0 Å². The second-order valence-electron chi connectivity index (χ2n) is 8.77. The number of hydrogen-bond acceptors (Lipinski definition) is 8. The van der Waals surface area contributed by atoms with Crippen LogP contribution in [-0.2, 0) is 6.54 Å². The van der Waals surface area contributed by atoms with Gasteiger partial charge in [-0.15, -0.1) is 0 Å². The van der Waals surface area contributed by atoms with E-state index in [0.29, 0.717) is 55.6 Å². The summed E-state index contributed by atoms with van der Waals surface area (Å²) in [5.74, 6) is 0.944. The van der Waals surface area contributed by atoms with Crippen molar-refractivity contribution in [3.8, 4) is 0 Å². The molecule has 2 aliphatic heterocycles.